The molecular weight excluding hydrogens is 480 g/mol. The highest BCUT2D eigenvalue weighted by molar-refractivity contribution is 4.98. The Labute approximate surface area is 212 Å². The van der Waals surface area contributed by atoms with E-state index in [4.69, 9.17) is 18.9 Å². The predicted octanol–water partition coefficient (Wildman–Crippen LogP) is -1.48. The van der Waals surface area contributed by atoms with Crippen molar-refractivity contribution in [1.82, 2.24) is 0 Å². The fourth-order valence-corrected chi connectivity index (χ4v) is 4.61. The number of aliphatic hydroxyl groups excluding tert-OH is 8. The smallest absolute Gasteiger partial charge is 0.224 e. The van der Waals surface area contributed by atoms with Crippen LogP contribution in [0.3, 0.4) is 0 Å². The summed E-state index contributed by atoms with van der Waals surface area (Å²) in [7, 11) is 0. The first kappa shape index (κ1) is 31.7. The first-order valence-corrected chi connectivity index (χ1v) is 13.1. The van der Waals surface area contributed by atoms with E-state index < -0.39 is 80.7 Å². The Balaban J connectivity index is 1.94. The van der Waals surface area contributed by atoms with E-state index in [0.717, 1.165) is 25.7 Å². The molecule has 2 saturated heterocycles. The van der Waals surface area contributed by atoms with Crippen molar-refractivity contribution >= 4 is 0 Å². The second kappa shape index (κ2) is 15.8. The van der Waals surface area contributed by atoms with E-state index in [2.05, 4.69) is 6.92 Å². The molecular formula is C24H46O12. The summed E-state index contributed by atoms with van der Waals surface area (Å²) in [5.41, 5.74) is 0. The van der Waals surface area contributed by atoms with Crippen molar-refractivity contribution in [1.29, 1.82) is 0 Å². The lowest BCUT2D eigenvalue weighted by Crippen LogP contribution is -2.63. The lowest BCUT2D eigenvalue weighted by Gasteiger charge is -2.45. The van der Waals surface area contributed by atoms with Gasteiger partial charge >= 0.3 is 0 Å². The van der Waals surface area contributed by atoms with Gasteiger partial charge in [-0.05, 0) is 6.42 Å². The second-order valence-electron chi connectivity index (χ2n) is 9.78. The number of aliphatic hydroxyl groups is 8. The minimum atomic E-state index is -2.23. The summed E-state index contributed by atoms with van der Waals surface area (Å²) in [4.78, 5) is 0. The van der Waals surface area contributed by atoms with E-state index in [9.17, 15) is 40.9 Å². The van der Waals surface area contributed by atoms with Crippen molar-refractivity contribution in [2.24, 2.45) is 0 Å². The second-order valence-corrected chi connectivity index (χ2v) is 9.78. The highest BCUT2D eigenvalue weighted by atomic mass is 16.8. The number of unbranched alkanes of at least 4 members (excludes halogenated alkanes) is 7. The van der Waals surface area contributed by atoms with Crippen LogP contribution in [0.15, 0.2) is 0 Å². The number of hydrogen-bond acceptors (Lipinski definition) is 12. The van der Waals surface area contributed by atoms with Gasteiger partial charge in [0, 0.05) is 0 Å². The summed E-state index contributed by atoms with van der Waals surface area (Å²) in [6.07, 6.45) is -3.47. The fourth-order valence-electron chi connectivity index (χ4n) is 4.61. The Bertz CT molecular complexity index is 597. The molecule has 0 aromatic rings. The molecule has 0 saturated carbocycles. The Kier molecular flexibility index (Phi) is 13.9. The van der Waals surface area contributed by atoms with Gasteiger partial charge < -0.3 is 59.8 Å². The predicted molar refractivity (Wildman–Crippen MR) is 126 cm³/mol. The van der Waals surface area contributed by atoms with E-state index in [0.29, 0.717) is 6.42 Å². The number of hydrogen-bond donors (Lipinski definition) is 8. The number of ether oxygens (including phenoxy) is 4. The molecule has 2 rings (SSSR count). The van der Waals surface area contributed by atoms with Gasteiger partial charge in [-0.25, -0.2) is 0 Å². The molecule has 12 heteroatoms. The topological polar surface area (TPSA) is 199 Å². The summed E-state index contributed by atoms with van der Waals surface area (Å²) in [6, 6.07) is 0. The minimum absolute atomic E-state index is 0.213. The first-order chi connectivity index (χ1) is 17.2. The van der Waals surface area contributed by atoms with Crippen LogP contribution in [0.2, 0.25) is 0 Å². The molecule has 0 unspecified atom stereocenters. The quantitative estimate of drug-likeness (QED) is 0.102. The van der Waals surface area contributed by atoms with Crippen LogP contribution in [-0.2, 0) is 18.9 Å². The van der Waals surface area contributed by atoms with Crippen LogP contribution >= 0.6 is 0 Å². The van der Waals surface area contributed by atoms with Gasteiger partial charge in [-0.2, -0.15) is 0 Å². The third kappa shape index (κ3) is 8.26. The van der Waals surface area contributed by atoms with E-state index in [1.807, 2.05) is 0 Å². The van der Waals surface area contributed by atoms with Gasteiger partial charge in [0.15, 0.2) is 6.29 Å². The van der Waals surface area contributed by atoms with E-state index in [-0.39, 0.29) is 6.61 Å². The molecule has 0 bridgehead atoms. The van der Waals surface area contributed by atoms with E-state index in [1.54, 1.807) is 0 Å². The molecule has 36 heavy (non-hydrogen) atoms. The van der Waals surface area contributed by atoms with Gasteiger partial charge in [0.1, 0.15) is 49.3 Å². The summed E-state index contributed by atoms with van der Waals surface area (Å²) in [6.45, 7) is -0.327. The molecule has 10 atom stereocenters. The van der Waals surface area contributed by atoms with Crippen molar-refractivity contribution in [2.75, 3.05) is 26.4 Å². The van der Waals surface area contributed by atoms with Gasteiger partial charge in [-0.1, -0.05) is 58.3 Å². The van der Waals surface area contributed by atoms with Crippen LogP contribution in [0.4, 0.5) is 0 Å². The maximum absolute atomic E-state index is 10.6. The monoisotopic (exact) mass is 526 g/mol. The third-order valence-electron chi connectivity index (χ3n) is 6.92. The van der Waals surface area contributed by atoms with Crippen LogP contribution in [0, 0.1) is 0 Å². The average Bonchev–Trinajstić information content (AvgIpc) is 3.12. The first-order valence-electron chi connectivity index (χ1n) is 13.1. The van der Waals surface area contributed by atoms with E-state index >= 15 is 0 Å². The van der Waals surface area contributed by atoms with Crippen molar-refractivity contribution in [3.8, 4) is 0 Å². The molecule has 2 aliphatic heterocycles. The zero-order chi connectivity index (χ0) is 26.7. The number of rotatable bonds is 17. The zero-order valence-corrected chi connectivity index (χ0v) is 21.1. The Morgan fingerprint density at radius 2 is 1.42 bits per heavy atom. The van der Waals surface area contributed by atoms with Crippen LogP contribution in [-0.4, -0.2) is 128 Å². The van der Waals surface area contributed by atoms with Crippen LogP contribution in [0.5, 0.6) is 0 Å². The highest BCUT2D eigenvalue weighted by Crippen LogP contribution is 2.36. The van der Waals surface area contributed by atoms with Gasteiger partial charge in [-0.3, -0.25) is 0 Å². The van der Waals surface area contributed by atoms with Crippen LogP contribution in [0.1, 0.15) is 64.7 Å². The molecule has 0 amide bonds. The minimum Gasteiger partial charge on any atom is -0.394 e. The fraction of sp³-hybridized carbons (Fsp3) is 1.00. The Morgan fingerprint density at radius 1 is 0.806 bits per heavy atom. The lowest BCUT2D eigenvalue weighted by molar-refractivity contribution is -0.388. The standard InChI is InChI=1S/C24H46O12/c1-2-3-4-5-6-7-8-9-10-15(28)13-33-21-20(31)18(29)16(11-25)34-23(21)36-24(14-27)22(32)19(30)17(12-26)35-24/h15-23,25-32H,2-14H2,1H3/t15-,16+,17+,18+,19+,20-,21+,22-,23+,24-/m0/s1. The third-order valence-corrected chi connectivity index (χ3v) is 6.92. The molecule has 0 aromatic carbocycles. The lowest BCUT2D eigenvalue weighted by atomic mass is 9.98. The highest BCUT2D eigenvalue weighted by Gasteiger charge is 2.58. The van der Waals surface area contributed by atoms with Crippen molar-refractivity contribution in [2.45, 2.75) is 126 Å². The van der Waals surface area contributed by atoms with Crippen molar-refractivity contribution in [3.63, 3.8) is 0 Å². The van der Waals surface area contributed by atoms with E-state index in [1.165, 1.54) is 25.7 Å². The largest absolute Gasteiger partial charge is 0.394 e. The summed E-state index contributed by atoms with van der Waals surface area (Å²) in [5, 5.41) is 80.6. The Hall–Kier alpha value is -0.480. The van der Waals surface area contributed by atoms with Gasteiger partial charge in [0.25, 0.3) is 0 Å². The molecule has 214 valence electrons. The van der Waals surface area contributed by atoms with Crippen LogP contribution < -0.4 is 0 Å². The molecule has 2 aliphatic rings. The van der Waals surface area contributed by atoms with Gasteiger partial charge in [0.2, 0.25) is 5.79 Å². The summed E-state index contributed by atoms with van der Waals surface area (Å²) < 4.78 is 22.2. The molecule has 8 N–H and O–H groups in total. The van der Waals surface area contributed by atoms with Crippen LogP contribution in [0.25, 0.3) is 0 Å². The maximum atomic E-state index is 10.6. The SMILES string of the molecule is CCCCCCCCCC[C@H](O)CO[C@H]1[C@@H](O[C@]2(CO)O[C@H](CO)[C@@H](O)[C@@H]2O)O[C@H](CO)[C@@H](O)[C@@H]1O. The zero-order valence-electron chi connectivity index (χ0n) is 21.1. The molecule has 2 fully saturated rings. The summed E-state index contributed by atoms with van der Waals surface area (Å²) >= 11 is 0. The van der Waals surface area contributed by atoms with Gasteiger partial charge in [-0.15, -0.1) is 0 Å². The molecule has 0 radical (unpaired) electrons. The molecule has 12 nitrogen and oxygen atoms in total. The normalized spacial score (nSPS) is 37.9. The molecule has 0 aromatic heterocycles. The van der Waals surface area contributed by atoms with Crippen molar-refractivity contribution in [3.05, 3.63) is 0 Å². The average molecular weight is 527 g/mol. The maximum Gasteiger partial charge on any atom is 0.224 e. The Morgan fingerprint density at radius 3 is 1.97 bits per heavy atom. The molecule has 0 aliphatic carbocycles. The summed E-state index contributed by atoms with van der Waals surface area (Å²) in [5.74, 6) is -2.23. The molecule has 0 spiro atoms. The van der Waals surface area contributed by atoms with Gasteiger partial charge in [0.05, 0.1) is 25.9 Å². The molecule has 2 heterocycles. The van der Waals surface area contributed by atoms with Crippen molar-refractivity contribution < 1.29 is 59.8 Å².